The first-order valence-electron chi connectivity index (χ1n) is 11.7. The van der Waals surface area contributed by atoms with Crippen molar-refractivity contribution >= 4 is 23.1 Å². The summed E-state index contributed by atoms with van der Waals surface area (Å²) in [5.41, 5.74) is 3.27. The fourth-order valence-electron chi connectivity index (χ4n) is 4.47. The molecule has 0 amide bonds. The number of methoxy groups -OCH3 is 1. The van der Waals surface area contributed by atoms with Gasteiger partial charge in [-0.15, -0.1) is 0 Å². The largest absolute Gasteiger partial charge is 0.494 e. The standard InChI is InChI=1S/C24H36N6O/c1-4-7-18-17-25-24(28-23(18)26-19-8-5-6-9-19)27-21-11-10-20(16-22(21)31-3)30-14-12-29(2)13-15-30/h10-11,16-17,19H,4-9,12-15H2,1-3H3,(H2,25,26,27,28). The molecule has 2 fully saturated rings. The highest BCUT2D eigenvalue weighted by molar-refractivity contribution is 5.68. The number of ether oxygens (including phenoxy) is 1. The van der Waals surface area contributed by atoms with Crippen LogP contribution in [0.4, 0.5) is 23.1 Å². The number of hydrogen-bond acceptors (Lipinski definition) is 7. The molecule has 7 heteroatoms. The molecule has 4 rings (SSSR count). The number of piperazine rings is 1. The Labute approximate surface area is 186 Å². The molecule has 1 saturated carbocycles. The van der Waals surface area contributed by atoms with Crippen molar-refractivity contribution in [2.75, 3.05) is 55.9 Å². The van der Waals surface area contributed by atoms with Crippen molar-refractivity contribution in [1.82, 2.24) is 14.9 Å². The van der Waals surface area contributed by atoms with Crippen molar-refractivity contribution in [3.8, 4) is 5.75 Å². The number of hydrogen-bond donors (Lipinski definition) is 2. The van der Waals surface area contributed by atoms with Crippen LogP contribution in [0.5, 0.6) is 5.75 Å². The van der Waals surface area contributed by atoms with Crippen LogP contribution in [0.1, 0.15) is 44.6 Å². The maximum atomic E-state index is 5.70. The summed E-state index contributed by atoms with van der Waals surface area (Å²) in [6.07, 6.45) is 9.07. The van der Waals surface area contributed by atoms with Crippen molar-refractivity contribution in [2.45, 2.75) is 51.5 Å². The lowest BCUT2D eigenvalue weighted by Crippen LogP contribution is -2.44. The van der Waals surface area contributed by atoms with Crippen molar-refractivity contribution < 1.29 is 4.74 Å². The Kier molecular flexibility index (Phi) is 7.12. The summed E-state index contributed by atoms with van der Waals surface area (Å²) in [5, 5.41) is 7.05. The molecular formula is C24H36N6O. The second kappa shape index (κ2) is 10.2. The zero-order valence-electron chi connectivity index (χ0n) is 19.2. The first-order valence-corrected chi connectivity index (χ1v) is 11.7. The molecule has 168 valence electrons. The van der Waals surface area contributed by atoms with Crippen molar-refractivity contribution in [3.63, 3.8) is 0 Å². The number of aromatic nitrogens is 2. The minimum absolute atomic E-state index is 0.524. The summed E-state index contributed by atoms with van der Waals surface area (Å²) >= 11 is 0. The first-order chi connectivity index (χ1) is 15.2. The summed E-state index contributed by atoms with van der Waals surface area (Å²) in [6, 6.07) is 6.85. The average Bonchev–Trinajstić information content (AvgIpc) is 3.30. The van der Waals surface area contributed by atoms with Crippen LogP contribution in [0.3, 0.4) is 0 Å². The molecule has 0 bridgehead atoms. The number of likely N-dealkylation sites (N-methyl/N-ethyl adjacent to an activating group) is 1. The molecule has 1 aromatic carbocycles. The third-order valence-electron chi connectivity index (χ3n) is 6.38. The highest BCUT2D eigenvalue weighted by atomic mass is 16.5. The van der Waals surface area contributed by atoms with Gasteiger partial charge in [0, 0.05) is 55.7 Å². The van der Waals surface area contributed by atoms with Gasteiger partial charge in [0.2, 0.25) is 5.95 Å². The van der Waals surface area contributed by atoms with E-state index in [-0.39, 0.29) is 0 Å². The molecule has 2 N–H and O–H groups in total. The van der Waals surface area contributed by atoms with E-state index in [0.29, 0.717) is 12.0 Å². The van der Waals surface area contributed by atoms with Gasteiger partial charge in [-0.2, -0.15) is 4.98 Å². The highest BCUT2D eigenvalue weighted by Gasteiger charge is 2.19. The van der Waals surface area contributed by atoms with Crippen LogP contribution >= 0.6 is 0 Å². The van der Waals surface area contributed by atoms with Gasteiger partial charge >= 0.3 is 0 Å². The third-order valence-corrected chi connectivity index (χ3v) is 6.38. The lowest BCUT2D eigenvalue weighted by molar-refractivity contribution is 0.312. The summed E-state index contributed by atoms with van der Waals surface area (Å²) < 4.78 is 5.70. The van der Waals surface area contributed by atoms with E-state index in [2.05, 4.69) is 57.6 Å². The van der Waals surface area contributed by atoms with Crippen molar-refractivity contribution in [1.29, 1.82) is 0 Å². The predicted octanol–water partition coefficient (Wildman–Crippen LogP) is 4.29. The Bertz CT molecular complexity index is 859. The monoisotopic (exact) mass is 424 g/mol. The topological polar surface area (TPSA) is 65.6 Å². The van der Waals surface area contributed by atoms with Gasteiger partial charge in [-0.3, -0.25) is 0 Å². The van der Waals surface area contributed by atoms with Gasteiger partial charge in [0.25, 0.3) is 0 Å². The second-order valence-corrected chi connectivity index (χ2v) is 8.74. The molecule has 1 aromatic heterocycles. The molecule has 7 nitrogen and oxygen atoms in total. The lowest BCUT2D eigenvalue weighted by Gasteiger charge is -2.34. The van der Waals surface area contributed by atoms with E-state index in [1.165, 1.54) is 36.9 Å². The van der Waals surface area contributed by atoms with Gasteiger partial charge in [0.05, 0.1) is 12.8 Å². The molecule has 0 atom stereocenters. The highest BCUT2D eigenvalue weighted by Crippen LogP contribution is 2.32. The zero-order valence-corrected chi connectivity index (χ0v) is 19.2. The molecule has 0 radical (unpaired) electrons. The summed E-state index contributed by atoms with van der Waals surface area (Å²) in [5.74, 6) is 2.38. The van der Waals surface area contributed by atoms with Crippen LogP contribution in [0, 0.1) is 0 Å². The molecule has 2 aliphatic rings. The molecule has 31 heavy (non-hydrogen) atoms. The Balaban J connectivity index is 1.52. The number of anilines is 4. The molecule has 0 spiro atoms. The number of nitrogens with one attached hydrogen (secondary N) is 2. The van der Waals surface area contributed by atoms with Crippen LogP contribution < -0.4 is 20.3 Å². The molecular weight excluding hydrogens is 388 g/mol. The Morgan fingerprint density at radius 2 is 1.90 bits per heavy atom. The SMILES string of the molecule is CCCc1cnc(Nc2ccc(N3CCN(C)CC3)cc2OC)nc1NC1CCCC1. The quantitative estimate of drug-likeness (QED) is 0.655. The summed E-state index contributed by atoms with van der Waals surface area (Å²) in [6.45, 7) is 6.42. The average molecular weight is 425 g/mol. The Morgan fingerprint density at radius 1 is 1.13 bits per heavy atom. The van der Waals surface area contributed by atoms with E-state index in [9.17, 15) is 0 Å². The molecule has 1 saturated heterocycles. The number of benzene rings is 1. The minimum Gasteiger partial charge on any atom is -0.494 e. The van der Waals surface area contributed by atoms with Crippen LogP contribution in [0.2, 0.25) is 0 Å². The van der Waals surface area contributed by atoms with Crippen LogP contribution in [-0.4, -0.2) is 61.2 Å². The maximum Gasteiger partial charge on any atom is 0.229 e. The first kappa shape index (κ1) is 21.7. The van der Waals surface area contributed by atoms with Crippen molar-refractivity contribution in [3.05, 3.63) is 30.0 Å². The van der Waals surface area contributed by atoms with Crippen LogP contribution in [-0.2, 0) is 6.42 Å². The summed E-state index contributed by atoms with van der Waals surface area (Å²) in [7, 11) is 3.89. The molecule has 0 unspecified atom stereocenters. The van der Waals surface area contributed by atoms with E-state index >= 15 is 0 Å². The van der Waals surface area contributed by atoms with Gasteiger partial charge in [-0.1, -0.05) is 26.2 Å². The molecule has 2 heterocycles. The fraction of sp³-hybridized carbons (Fsp3) is 0.583. The molecule has 1 aliphatic carbocycles. The Hall–Kier alpha value is -2.54. The smallest absolute Gasteiger partial charge is 0.229 e. The number of nitrogens with zero attached hydrogens (tertiary/aromatic N) is 4. The van der Waals surface area contributed by atoms with Gasteiger partial charge < -0.3 is 25.2 Å². The molecule has 1 aliphatic heterocycles. The van der Waals surface area contributed by atoms with E-state index < -0.39 is 0 Å². The van der Waals surface area contributed by atoms with Crippen molar-refractivity contribution in [2.24, 2.45) is 0 Å². The fourth-order valence-corrected chi connectivity index (χ4v) is 4.47. The van der Waals surface area contributed by atoms with Crippen LogP contribution in [0.15, 0.2) is 24.4 Å². The van der Waals surface area contributed by atoms with Gasteiger partial charge in [-0.25, -0.2) is 4.98 Å². The van der Waals surface area contributed by atoms with Gasteiger partial charge in [0.1, 0.15) is 11.6 Å². The zero-order chi connectivity index (χ0) is 21.6. The van der Waals surface area contributed by atoms with E-state index in [0.717, 1.165) is 56.3 Å². The second-order valence-electron chi connectivity index (χ2n) is 8.74. The minimum atomic E-state index is 0.524. The van der Waals surface area contributed by atoms with Gasteiger partial charge in [-0.05, 0) is 38.4 Å². The van der Waals surface area contributed by atoms with E-state index in [4.69, 9.17) is 9.72 Å². The number of rotatable bonds is 8. The third kappa shape index (κ3) is 5.39. The maximum absolute atomic E-state index is 5.70. The number of aryl methyl sites for hydroxylation is 1. The molecule has 2 aromatic rings. The van der Waals surface area contributed by atoms with E-state index in [1.54, 1.807) is 7.11 Å². The lowest BCUT2D eigenvalue weighted by atomic mass is 10.1. The van der Waals surface area contributed by atoms with Gasteiger partial charge in [0.15, 0.2) is 0 Å². The van der Waals surface area contributed by atoms with Crippen LogP contribution in [0.25, 0.3) is 0 Å². The normalized spacial score (nSPS) is 17.7. The summed E-state index contributed by atoms with van der Waals surface area (Å²) in [4.78, 5) is 14.2. The predicted molar refractivity (Wildman–Crippen MR) is 128 cm³/mol. The van der Waals surface area contributed by atoms with E-state index in [1.807, 2.05) is 6.20 Å². The Morgan fingerprint density at radius 3 is 2.61 bits per heavy atom.